The van der Waals surface area contributed by atoms with Gasteiger partial charge in [-0.25, -0.2) is 4.98 Å². The molecule has 122 valence electrons. The lowest BCUT2D eigenvalue weighted by Gasteiger charge is -2.31. The van der Waals surface area contributed by atoms with E-state index in [1.807, 2.05) is 29.0 Å². The van der Waals surface area contributed by atoms with Crippen molar-refractivity contribution >= 4 is 5.91 Å². The smallest absolute Gasteiger partial charge is 0.240 e. The average Bonchev–Trinajstić information content (AvgIpc) is 3.07. The molecule has 0 radical (unpaired) electrons. The predicted molar refractivity (Wildman–Crippen MR) is 86.6 cm³/mol. The van der Waals surface area contributed by atoms with Crippen molar-refractivity contribution in [1.29, 1.82) is 0 Å². The molecule has 3 rings (SSSR count). The van der Waals surface area contributed by atoms with Gasteiger partial charge in [0.1, 0.15) is 0 Å². The predicted octanol–water partition coefficient (Wildman–Crippen LogP) is 1.06. The van der Waals surface area contributed by atoms with E-state index in [9.17, 15) is 4.79 Å². The maximum absolute atomic E-state index is 12.4. The van der Waals surface area contributed by atoms with E-state index in [1.165, 1.54) is 0 Å². The zero-order valence-electron chi connectivity index (χ0n) is 13.1. The number of nitrogens with zero attached hydrogens (tertiary/aromatic N) is 2. The summed E-state index contributed by atoms with van der Waals surface area (Å²) in [6.07, 6.45) is 6.59. The zero-order chi connectivity index (χ0) is 16.1. The Morgan fingerprint density at radius 3 is 2.74 bits per heavy atom. The van der Waals surface area contributed by atoms with Gasteiger partial charge in [-0.15, -0.1) is 0 Å². The summed E-state index contributed by atoms with van der Waals surface area (Å²) in [4.78, 5) is 16.5. The summed E-state index contributed by atoms with van der Waals surface area (Å²) in [5, 5.41) is 2.98. The Balaban J connectivity index is 1.65. The second-order valence-electron chi connectivity index (χ2n) is 5.95. The van der Waals surface area contributed by atoms with Gasteiger partial charge in [0.2, 0.25) is 5.91 Å². The van der Waals surface area contributed by atoms with Gasteiger partial charge in [0.05, 0.1) is 11.9 Å². The van der Waals surface area contributed by atoms with Crippen LogP contribution in [0.4, 0.5) is 0 Å². The van der Waals surface area contributed by atoms with Crippen LogP contribution in [0, 0.1) is 0 Å². The van der Waals surface area contributed by atoms with Crippen LogP contribution in [0.2, 0.25) is 0 Å². The summed E-state index contributed by atoms with van der Waals surface area (Å²) in [6.45, 7) is 2.29. The van der Waals surface area contributed by atoms with Crippen molar-refractivity contribution < 1.29 is 9.53 Å². The monoisotopic (exact) mass is 314 g/mol. The third-order valence-electron chi connectivity index (χ3n) is 4.31. The molecule has 1 aromatic heterocycles. The first-order valence-corrected chi connectivity index (χ1v) is 7.85. The Hall–Kier alpha value is -2.18. The molecule has 1 aromatic carbocycles. The molecule has 2 aromatic rings. The van der Waals surface area contributed by atoms with Crippen molar-refractivity contribution in [3.05, 3.63) is 54.1 Å². The normalized spacial score (nSPS) is 16.9. The number of nitrogens with one attached hydrogen (secondary N) is 1. The highest BCUT2D eigenvalue weighted by molar-refractivity contribution is 5.86. The number of amides is 1. The van der Waals surface area contributed by atoms with Gasteiger partial charge in [-0.2, -0.15) is 0 Å². The van der Waals surface area contributed by atoms with Gasteiger partial charge in [-0.3, -0.25) is 4.79 Å². The first-order valence-electron chi connectivity index (χ1n) is 7.85. The molecule has 0 unspecified atom stereocenters. The van der Waals surface area contributed by atoms with Crippen LogP contribution in [-0.2, 0) is 22.6 Å². The van der Waals surface area contributed by atoms with Gasteiger partial charge in [-0.05, 0) is 24.0 Å². The number of hydrogen-bond donors (Lipinski definition) is 2. The molecule has 1 aliphatic heterocycles. The van der Waals surface area contributed by atoms with E-state index in [-0.39, 0.29) is 5.91 Å². The number of ether oxygens (including phenoxy) is 1. The Kier molecular flexibility index (Phi) is 4.73. The SMILES string of the molecule is NC1(C(=O)NCc2ccccc2Cn2ccnc2)CCOCC1. The molecule has 1 saturated heterocycles. The van der Waals surface area contributed by atoms with Crippen LogP contribution in [0.3, 0.4) is 0 Å². The minimum Gasteiger partial charge on any atom is -0.381 e. The van der Waals surface area contributed by atoms with Gasteiger partial charge in [0.25, 0.3) is 0 Å². The van der Waals surface area contributed by atoms with Crippen molar-refractivity contribution in [3.8, 4) is 0 Å². The van der Waals surface area contributed by atoms with Crippen molar-refractivity contribution in [1.82, 2.24) is 14.9 Å². The molecular weight excluding hydrogens is 292 g/mol. The van der Waals surface area contributed by atoms with Gasteiger partial charge < -0.3 is 20.4 Å². The lowest BCUT2D eigenvalue weighted by Crippen LogP contribution is -2.56. The molecule has 23 heavy (non-hydrogen) atoms. The van der Waals surface area contributed by atoms with Crippen LogP contribution in [0.25, 0.3) is 0 Å². The van der Waals surface area contributed by atoms with Crippen LogP contribution in [0.5, 0.6) is 0 Å². The number of carbonyl (C=O) groups excluding carboxylic acids is 1. The van der Waals surface area contributed by atoms with Crippen molar-refractivity contribution in [2.45, 2.75) is 31.5 Å². The van der Waals surface area contributed by atoms with Crippen LogP contribution in [0.1, 0.15) is 24.0 Å². The Morgan fingerprint density at radius 1 is 1.30 bits per heavy atom. The van der Waals surface area contributed by atoms with Gasteiger partial charge in [-0.1, -0.05) is 24.3 Å². The molecular formula is C17H22N4O2. The summed E-state index contributed by atoms with van der Waals surface area (Å²) < 4.78 is 7.29. The summed E-state index contributed by atoms with van der Waals surface area (Å²) in [5.41, 5.74) is 7.65. The van der Waals surface area contributed by atoms with E-state index < -0.39 is 5.54 Å². The van der Waals surface area contributed by atoms with Crippen LogP contribution in [0.15, 0.2) is 43.0 Å². The zero-order valence-corrected chi connectivity index (χ0v) is 13.1. The molecule has 0 bridgehead atoms. The second-order valence-corrected chi connectivity index (χ2v) is 5.95. The molecule has 6 heteroatoms. The topological polar surface area (TPSA) is 82.2 Å². The van der Waals surface area contributed by atoms with E-state index in [0.29, 0.717) is 32.6 Å². The average molecular weight is 314 g/mol. The first-order chi connectivity index (χ1) is 11.2. The van der Waals surface area contributed by atoms with Crippen molar-refractivity contribution in [2.24, 2.45) is 5.73 Å². The molecule has 0 saturated carbocycles. The number of benzene rings is 1. The van der Waals surface area contributed by atoms with Crippen LogP contribution < -0.4 is 11.1 Å². The largest absolute Gasteiger partial charge is 0.381 e. The van der Waals surface area contributed by atoms with Gasteiger partial charge >= 0.3 is 0 Å². The maximum Gasteiger partial charge on any atom is 0.240 e. The Morgan fingerprint density at radius 2 is 2.04 bits per heavy atom. The number of carbonyl (C=O) groups is 1. The second kappa shape index (κ2) is 6.93. The lowest BCUT2D eigenvalue weighted by atomic mass is 9.90. The maximum atomic E-state index is 12.4. The number of aromatic nitrogens is 2. The first kappa shape index (κ1) is 15.7. The summed E-state index contributed by atoms with van der Waals surface area (Å²) in [5.74, 6) is -0.0989. The molecule has 3 N–H and O–H groups in total. The van der Waals surface area contributed by atoms with E-state index in [0.717, 1.165) is 17.7 Å². The molecule has 0 atom stereocenters. The van der Waals surface area contributed by atoms with E-state index >= 15 is 0 Å². The minimum absolute atomic E-state index is 0.0989. The summed E-state index contributed by atoms with van der Waals surface area (Å²) >= 11 is 0. The molecule has 1 fully saturated rings. The highest BCUT2D eigenvalue weighted by Gasteiger charge is 2.35. The number of rotatable bonds is 5. The standard InChI is InChI=1S/C17H22N4O2/c18-17(5-9-23-10-6-17)16(22)20-11-14-3-1-2-4-15(14)12-21-8-7-19-13-21/h1-4,7-8,13H,5-6,9-12,18H2,(H,20,22). The Labute approximate surface area is 135 Å². The molecule has 1 amide bonds. The number of hydrogen-bond acceptors (Lipinski definition) is 4. The van der Waals surface area contributed by atoms with Crippen LogP contribution >= 0.6 is 0 Å². The summed E-state index contributed by atoms with van der Waals surface area (Å²) in [6, 6.07) is 8.07. The Bertz CT molecular complexity index is 648. The molecule has 2 heterocycles. The third kappa shape index (κ3) is 3.78. The minimum atomic E-state index is -0.808. The number of imidazole rings is 1. The number of nitrogens with two attached hydrogens (primary N) is 1. The highest BCUT2D eigenvalue weighted by Crippen LogP contribution is 2.18. The van der Waals surface area contributed by atoms with Gasteiger partial charge in [0.15, 0.2) is 0 Å². The fraction of sp³-hybridized carbons (Fsp3) is 0.412. The molecule has 0 spiro atoms. The van der Waals surface area contributed by atoms with E-state index in [4.69, 9.17) is 10.5 Å². The van der Waals surface area contributed by atoms with Crippen molar-refractivity contribution in [2.75, 3.05) is 13.2 Å². The summed E-state index contributed by atoms with van der Waals surface area (Å²) in [7, 11) is 0. The lowest BCUT2D eigenvalue weighted by molar-refractivity contribution is -0.129. The van der Waals surface area contributed by atoms with E-state index in [2.05, 4.69) is 16.4 Å². The quantitative estimate of drug-likeness (QED) is 0.864. The van der Waals surface area contributed by atoms with Gasteiger partial charge in [0, 0.05) is 38.7 Å². The third-order valence-corrected chi connectivity index (χ3v) is 4.31. The fourth-order valence-electron chi connectivity index (χ4n) is 2.78. The van der Waals surface area contributed by atoms with Crippen molar-refractivity contribution in [3.63, 3.8) is 0 Å². The molecule has 1 aliphatic rings. The fourth-order valence-corrected chi connectivity index (χ4v) is 2.78. The van der Waals surface area contributed by atoms with E-state index in [1.54, 1.807) is 12.5 Å². The highest BCUT2D eigenvalue weighted by atomic mass is 16.5. The molecule has 6 nitrogen and oxygen atoms in total. The molecule has 0 aliphatic carbocycles. The van der Waals surface area contributed by atoms with Crippen LogP contribution in [-0.4, -0.2) is 34.2 Å².